The van der Waals surface area contributed by atoms with E-state index in [-0.39, 0.29) is 12.0 Å². The van der Waals surface area contributed by atoms with Gasteiger partial charge in [-0.2, -0.15) is 8.42 Å². The van der Waals surface area contributed by atoms with Crippen LogP contribution in [0.3, 0.4) is 0 Å². The van der Waals surface area contributed by atoms with Crippen LogP contribution in [0.25, 0.3) is 16.7 Å². The van der Waals surface area contributed by atoms with Crippen LogP contribution in [-0.4, -0.2) is 64.5 Å². The van der Waals surface area contributed by atoms with Gasteiger partial charge in [-0.1, -0.05) is 19.4 Å². The molecule has 0 atom stereocenters. The van der Waals surface area contributed by atoms with Crippen LogP contribution in [-0.2, 0) is 21.5 Å². The van der Waals surface area contributed by atoms with Gasteiger partial charge in [0.1, 0.15) is 30.1 Å². The van der Waals surface area contributed by atoms with E-state index in [4.69, 9.17) is 14.8 Å². The molecule has 0 amide bonds. The number of unbranched alkanes of at least 4 members (excludes halogenated alkanes) is 2. The molecule has 3 aliphatic rings. The average molecular weight is 674 g/mol. The van der Waals surface area contributed by atoms with E-state index in [1.807, 2.05) is 45.3 Å². The summed E-state index contributed by atoms with van der Waals surface area (Å²) in [5.74, 6) is 0.788. The Morgan fingerprint density at radius 3 is 2.42 bits per heavy atom. The first-order valence-electron chi connectivity index (χ1n) is 16.5. The molecule has 0 fully saturated rings. The molecule has 10 nitrogen and oxygen atoms in total. The topological polar surface area (TPSA) is 125 Å². The van der Waals surface area contributed by atoms with Crippen molar-refractivity contribution in [2.75, 3.05) is 24.7 Å². The normalized spacial score (nSPS) is 17.5. The van der Waals surface area contributed by atoms with Crippen LogP contribution in [0.15, 0.2) is 48.8 Å². The van der Waals surface area contributed by atoms with Gasteiger partial charge in [0.15, 0.2) is 5.54 Å². The standard InChI is InChI=1S/C37H44N4O6S/c1-8-23-20-36(2,3)39(6)29-18-31-27(16-25(23)29)34(35-38-13-15-41(35)14-11-9-10-12-33(42)43)28-17-26-24(22-48(44,45)46)21-37(4,5)40(7)30(26)19-32(28)47-31/h13,15-21H,8-12,14,22H2,1-7H3,(H-,42,43,44,45,46)/p+1. The zero-order chi connectivity index (χ0) is 34.8. The fraction of sp³-hybridized carbons (Fsp3) is 0.432. The summed E-state index contributed by atoms with van der Waals surface area (Å²) in [7, 11) is -0.242. The lowest BCUT2D eigenvalue weighted by molar-refractivity contribution is -0.137. The molecule has 2 aromatic carbocycles. The SMILES string of the molecule is CCC1=CC(C)(C)N(C)c2cc3c(cc21)C(c1nccn1CCCCCC(=O)O)=c1cc2c(cc1O3)=[N+](C)C(C)(C)C=C2CS(=O)(=O)O. The van der Waals surface area contributed by atoms with Gasteiger partial charge in [0, 0.05) is 79.9 Å². The number of likely N-dealkylation sites (N-methyl/N-ethyl adjacent to an activating group) is 2. The number of aromatic nitrogens is 2. The smallest absolute Gasteiger partial charge is 0.303 e. The Labute approximate surface area is 282 Å². The molecule has 0 spiro atoms. The molecule has 4 heterocycles. The third-order valence-corrected chi connectivity index (χ3v) is 10.8. The third-order valence-electron chi connectivity index (χ3n) is 10.1. The first kappa shape index (κ1) is 33.7. The molecule has 254 valence electrons. The molecule has 6 rings (SSSR count). The summed E-state index contributed by atoms with van der Waals surface area (Å²) in [6, 6.07) is 8.26. The number of imidazole rings is 1. The van der Waals surface area contributed by atoms with Gasteiger partial charge in [-0.25, -0.2) is 9.56 Å². The minimum atomic E-state index is -4.31. The molecular weight excluding hydrogens is 628 g/mol. The highest BCUT2D eigenvalue weighted by Gasteiger charge is 2.36. The van der Waals surface area contributed by atoms with E-state index >= 15 is 0 Å². The Hall–Kier alpha value is -4.22. The molecule has 0 saturated heterocycles. The quantitative estimate of drug-likeness (QED) is 0.136. The second-order valence-corrected chi connectivity index (χ2v) is 15.7. The molecule has 1 aromatic heterocycles. The minimum Gasteiger partial charge on any atom is -0.481 e. The summed E-state index contributed by atoms with van der Waals surface area (Å²) >= 11 is 0. The van der Waals surface area contributed by atoms with Gasteiger partial charge in [0.2, 0.25) is 5.36 Å². The van der Waals surface area contributed by atoms with Crippen LogP contribution < -0.4 is 24.8 Å². The lowest BCUT2D eigenvalue weighted by atomic mass is 9.84. The van der Waals surface area contributed by atoms with Crippen molar-refractivity contribution in [3.05, 3.63) is 81.9 Å². The molecule has 0 bridgehead atoms. The van der Waals surface area contributed by atoms with E-state index in [1.54, 1.807) is 6.20 Å². The minimum absolute atomic E-state index is 0.145. The molecule has 0 radical (unpaired) electrons. The predicted octanol–water partition coefficient (Wildman–Crippen LogP) is 5.09. The lowest BCUT2D eigenvalue weighted by Crippen LogP contribution is -2.47. The fourth-order valence-corrected chi connectivity index (χ4v) is 7.79. The Kier molecular flexibility index (Phi) is 8.44. The largest absolute Gasteiger partial charge is 0.481 e. The third kappa shape index (κ3) is 6.09. The zero-order valence-corrected chi connectivity index (χ0v) is 29.6. The van der Waals surface area contributed by atoms with Gasteiger partial charge in [0.05, 0.1) is 17.2 Å². The van der Waals surface area contributed by atoms with E-state index in [9.17, 15) is 17.8 Å². The summed E-state index contributed by atoms with van der Waals surface area (Å²) in [6.45, 7) is 11.2. The second kappa shape index (κ2) is 12.0. The predicted molar refractivity (Wildman–Crippen MR) is 189 cm³/mol. The van der Waals surface area contributed by atoms with E-state index in [1.165, 1.54) is 5.57 Å². The van der Waals surface area contributed by atoms with Gasteiger partial charge >= 0.3 is 5.97 Å². The summed E-state index contributed by atoms with van der Waals surface area (Å²) in [4.78, 5) is 18.2. The number of carbonyl (C=O) groups is 1. The van der Waals surface area contributed by atoms with E-state index < -0.39 is 27.4 Å². The molecule has 0 unspecified atom stereocenters. The van der Waals surface area contributed by atoms with Crippen molar-refractivity contribution in [1.29, 1.82) is 0 Å². The van der Waals surface area contributed by atoms with Crippen molar-refractivity contribution >= 4 is 38.5 Å². The van der Waals surface area contributed by atoms with Crippen LogP contribution in [0.2, 0.25) is 0 Å². The lowest BCUT2D eigenvalue weighted by Gasteiger charge is -2.41. The highest BCUT2D eigenvalue weighted by molar-refractivity contribution is 7.86. The maximum absolute atomic E-state index is 12.2. The number of carboxylic acids is 1. The van der Waals surface area contributed by atoms with Crippen LogP contribution in [0.1, 0.15) is 89.2 Å². The van der Waals surface area contributed by atoms with Gasteiger partial charge < -0.3 is 19.3 Å². The number of allylic oxidation sites excluding steroid dienone is 1. The van der Waals surface area contributed by atoms with Crippen molar-refractivity contribution in [2.24, 2.45) is 0 Å². The molecule has 2 N–H and O–H groups in total. The van der Waals surface area contributed by atoms with Crippen molar-refractivity contribution in [3.63, 3.8) is 0 Å². The number of hydrogen-bond donors (Lipinski definition) is 2. The highest BCUT2D eigenvalue weighted by atomic mass is 32.2. The zero-order valence-electron chi connectivity index (χ0n) is 28.8. The van der Waals surface area contributed by atoms with Crippen LogP contribution in [0, 0.1) is 0 Å². The number of aryl methyl sites for hydroxylation is 1. The summed E-state index contributed by atoms with van der Waals surface area (Å²) in [5.41, 5.74) is 5.73. The Morgan fingerprint density at radius 1 is 0.979 bits per heavy atom. The number of hydrogen-bond acceptors (Lipinski definition) is 6. The molecule has 48 heavy (non-hydrogen) atoms. The highest BCUT2D eigenvalue weighted by Crippen LogP contribution is 2.46. The van der Waals surface area contributed by atoms with Crippen molar-refractivity contribution < 1.29 is 27.6 Å². The molecule has 3 aliphatic heterocycles. The monoisotopic (exact) mass is 673 g/mol. The number of ether oxygens (including phenoxy) is 1. The average Bonchev–Trinajstić information content (AvgIpc) is 3.46. The van der Waals surface area contributed by atoms with E-state index in [2.05, 4.69) is 60.1 Å². The Morgan fingerprint density at radius 2 is 1.73 bits per heavy atom. The molecule has 3 aromatic rings. The summed E-state index contributed by atoms with van der Waals surface area (Å²) < 4.78 is 45.3. The Balaban J connectivity index is 1.62. The van der Waals surface area contributed by atoms with Crippen LogP contribution in [0.4, 0.5) is 5.69 Å². The number of carboxylic acid groups (broad SMARTS) is 1. The number of benzene rings is 2. The number of aliphatic carboxylic acids is 1. The van der Waals surface area contributed by atoms with Crippen molar-refractivity contribution in [3.8, 4) is 11.5 Å². The number of nitrogens with zero attached hydrogens (tertiary/aromatic N) is 4. The number of fused-ring (bicyclic) bond motifs is 4. The Bertz CT molecular complexity index is 2140. The van der Waals surface area contributed by atoms with Crippen molar-refractivity contribution in [2.45, 2.75) is 84.3 Å². The van der Waals surface area contributed by atoms with E-state index in [0.29, 0.717) is 35.6 Å². The second-order valence-electron chi connectivity index (χ2n) is 14.2. The molecule has 0 saturated carbocycles. The van der Waals surface area contributed by atoms with Gasteiger partial charge in [-0.15, -0.1) is 0 Å². The molecule has 11 heteroatoms. The maximum atomic E-state index is 12.2. The number of anilines is 1. The maximum Gasteiger partial charge on any atom is 0.303 e. The van der Waals surface area contributed by atoms with Crippen LogP contribution in [0.5, 0.6) is 11.5 Å². The first-order chi connectivity index (χ1) is 22.5. The van der Waals surface area contributed by atoms with Crippen molar-refractivity contribution in [1.82, 2.24) is 14.1 Å². The van der Waals surface area contributed by atoms with Crippen LogP contribution >= 0.6 is 0 Å². The van der Waals surface area contributed by atoms with Gasteiger partial charge in [0.25, 0.3) is 10.1 Å². The number of rotatable bonds is 10. The summed E-state index contributed by atoms with van der Waals surface area (Å²) in [6.07, 6.45) is 11.1. The first-order valence-corrected chi connectivity index (χ1v) is 18.1. The molecular formula is C37H45N4O6S+. The molecule has 0 aliphatic carbocycles. The summed E-state index contributed by atoms with van der Waals surface area (Å²) in [5, 5.41) is 10.7. The fourth-order valence-electron chi connectivity index (χ4n) is 7.16. The van der Waals surface area contributed by atoms with E-state index in [0.717, 1.165) is 58.1 Å². The van der Waals surface area contributed by atoms with Gasteiger partial charge in [-0.05, 0) is 62.5 Å². The van der Waals surface area contributed by atoms with Gasteiger partial charge in [-0.3, -0.25) is 9.35 Å².